The highest BCUT2D eigenvalue weighted by Gasteiger charge is 2.44. The van der Waals surface area contributed by atoms with Gasteiger partial charge in [0.15, 0.2) is 0 Å². The molecular weight excluding hydrogens is 276 g/mol. The van der Waals surface area contributed by atoms with Gasteiger partial charge in [0.2, 0.25) is 0 Å². The van der Waals surface area contributed by atoms with E-state index >= 15 is 0 Å². The molecule has 5 heteroatoms. The number of hydrogen-bond donors (Lipinski definition) is 0. The average Bonchev–Trinajstić information content (AvgIpc) is 2.33. The van der Waals surface area contributed by atoms with Crippen molar-refractivity contribution in [1.82, 2.24) is 0 Å². The Kier molecular flexibility index (Phi) is 5.71. The van der Waals surface area contributed by atoms with Crippen molar-refractivity contribution in [3.05, 3.63) is 23.8 Å². The van der Waals surface area contributed by atoms with Gasteiger partial charge in [-0.2, -0.15) is 8.42 Å². The molecule has 4 nitrogen and oxygen atoms in total. The molecule has 0 saturated heterocycles. The van der Waals surface area contributed by atoms with Gasteiger partial charge in [0.1, 0.15) is 5.78 Å². The van der Waals surface area contributed by atoms with E-state index in [0.29, 0.717) is 25.7 Å². The van der Waals surface area contributed by atoms with Crippen molar-refractivity contribution >= 4 is 15.9 Å². The maximum Gasteiger partial charge on any atom is 0.264 e. The van der Waals surface area contributed by atoms with Crippen LogP contribution >= 0.6 is 0 Å². The summed E-state index contributed by atoms with van der Waals surface area (Å²) in [4.78, 5) is 12.2. The number of rotatable bonds is 5. The molecule has 20 heavy (non-hydrogen) atoms. The molecule has 1 rings (SSSR count). The molecule has 1 saturated carbocycles. The van der Waals surface area contributed by atoms with Crippen molar-refractivity contribution in [2.24, 2.45) is 5.41 Å². The highest BCUT2D eigenvalue weighted by Crippen LogP contribution is 2.39. The molecule has 0 unspecified atom stereocenters. The molecule has 0 aromatic rings. The van der Waals surface area contributed by atoms with E-state index < -0.39 is 21.6 Å². The fourth-order valence-electron chi connectivity index (χ4n) is 2.43. The molecule has 1 aliphatic rings. The molecule has 1 fully saturated rings. The van der Waals surface area contributed by atoms with E-state index in [4.69, 9.17) is 4.18 Å². The van der Waals surface area contributed by atoms with E-state index in [-0.39, 0.29) is 5.78 Å². The minimum Gasteiger partial charge on any atom is -0.299 e. The van der Waals surface area contributed by atoms with Crippen LogP contribution in [-0.2, 0) is 19.1 Å². The van der Waals surface area contributed by atoms with Gasteiger partial charge < -0.3 is 0 Å². The topological polar surface area (TPSA) is 60.4 Å². The number of carbonyl (C=O) groups is 1. The molecule has 114 valence electrons. The lowest BCUT2D eigenvalue weighted by molar-refractivity contribution is -0.136. The second-order valence-corrected chi connectivity index (χ2v) is 7.26. The molecule has 0 amide bonds. The second kappa shape index (κ2) is 6.68. The smallest absolute Gasteiger partial charge is 0.264 e. The summed E-state index contributed by atoms with van der Waals surface area (Å²) in [6.45, 7) is 5.73. The number of ketones is 1. The molecule has 0 heterocycles. The highest BCUT2D eigenvalue weighted by atomic mass is 32.2. The molecule has 0 radical (unpaired) electrons. The lowest BCUT2D eigenvalue weighted by atomic mass is 9.70. The van der Waals surface area contributed by atoms with E-state index in [2.05, 4.69) is 0 Å². The van der Waals surface area contributed by atoms with Gasteiger partial charge in [0, 0.05) is 6.42 Å². The van der Waals surface area contributed by atoms with Crippen LogP contribution in [0.1, 0.15) is 46.5 Å². The lowest BCUT2D eigenvalue weighted by Crippen LogP contribution is -2.45. The van der Waals surface area contributed by atoms with Gasteiger partial charge in [-0.3, -0.25) is 8.98 Å². The third-order valence-electron chi connectivity index (χ3n) is 3.89. The predicted octanol–water partition coefficient (Wildman–Crippen LogP) is 3.00. The molecule has 0 aromatic carbocycles. The predicted molar refractivity (Wildman–Crippen MR) is 79.9 cm³/mol. The standard InChI is InChI=1S/C15H24O4S/c1-5-12(2)8-7-11-15(3)13(16)9-6-10-14(15)19-20(4,17)18/h5,7-8,14H,6,9-11H2,1-4H3/b8-7+,12-5+/t14-,15+/m1/s1. The molecule has 0 aromatic heterocycles. The lowest BCUT2D eigenvalue weighted by Gasteiger charge is -2.38. The van der Waals surface area contributed by atoms with Crippen LogP contribution in [0.4, 0.5) is 0 Å². The summed E-state index contributed by atoms with van der Waals surface area (Å²) in [6, 6.07) is 0. The Morgan fingerprint density at radius 3 is 2.70 bits per heavy atom. The number of Topliss-reactive ketones (excluding diaryl/α,β-unsaturated/α-hetero) is 1. The zero-order valence-corrected chi connectivity index (χ0v) is 13.5. The maximum absolute atomic E-state index is 12.2. The molecule has 0 bridgehead atoms. The van der Waals surface area contributed by atoms with E-state index in [9.17, 15) is 13.2 Å². The zero-order valence-electron chi connectivity index (χ0n) is 12.7. The van der Waals surface area contributed by atoms with Crippen molar-refractivity contribution in [3.63, 3.8) is 0 Å². The van der Waals surface area contributed by atoms with E-state index in [0.717, 1.165) is 11.8 Å². The summed E-state index contributed by atoms with van der Waals surface area (Å²) >= 11 is 0. The van der Waals surface area contributed by atoms with Crippen LogP contribution in [0.2, 0.25) is 0 Å². The quantitative estimate of drug-likeness (QED) is 0.578. The highest BCUT2D eigenvalue weighted by molar-refractivity contribution is 7.86. The Morgan fingerprint density at radius 2 is 2.15 bits per heavy atom. The number of carbonyl (C=O) groups excluding carboxylic acids is 1. The van der Waals surface area contributed by atoms with Gasteiger partial charge >= 0.3 is 0 Å². The summed E-state index contributed by atoms with van der Waals surface area (Å²) in [5.74, 6) is 0.0835. The fourth-order valence-corrected chi connectivity index (χ4v) is 3.16. The SMILES string of the molecule is C/C=C(C)/C=C/C[C@@]1(C)C(=O)CCC[C@H]1OS(C)(=O)=O. The van der Waals surface area contributed by atoms with Crippen LogP contribution in [0.5, 0.6) is 0 Å². The summed E-state index contributed by atoms with van der Waals surface area (Å²) in [5, 5.41) is 0. The normalized spacial score (nSPS) is 29.1. The third-order valence-corrected chi connectivity index (χ3v) is 4.47. The zero-order chi connectivity index (χ0) is 15.4. The van der Waals surface area contributed by atoms with Crippen molar-refractivity contribution < 1.29 is 17.4 Å². The number of allylic oxidation sites excluding steroid dienone is 4. The van der Waals surface area contributed by atoms with Crippen molar-refractivity contribution in [1.29, 1.82) is 0 Å². The van der Waals surface area contributed by atoms with Crippen LogP contribution in [-0.4, -0.2) is 26.6 Å². The van der Waals surface area contributed by atoms with Crippen LogP contribution in [0, 0.1) is 5.41 Å². The van der Waals surface area contributed by atoms with E-state index in [1.54, 1.807) is 6.92 Å². The minimum absolute atomic E-state index is 0.0835. The summed E-state index contributed by atoms with van der Waals surface area (Å²) in [7, 11) is -3.55. The summed E-state index contributed by atoms with van der Waals surface area (Å²) < 4.78 is 27.9. The minimum atomic E-state index is -3.55. The Balaban J connectivity index is 2.92. The van der Waals surface area contributed by atoms with E-state index in [1.807, 2.05) is 32.1 Å². The maximum atomic E-state index is 12.2. The van der Waals surface area contributed by atoms with Gasteiger partial charge in [-0.25, -0.2) is 0 Å². The molecule has 0 N–H and O–H groups in total. The molecule has 0 aliphatic heterocycles. The fraction of sp³-hybridized carbons (Fsp3) is 0.667. The first-order valence-corrected chi connectivity index (χ1v) is 8.71. The first kappa shape index (κ1) is 17.1. The number of hydrogen-bond acceptors (Lipinski definition) is 4. The Hall–Kier alpha value is -0.940. The second-order valence-electron chi connectivity index (χ2n) is 5.66. The first-order valence-electron chi connectivity index (χ1n) is 6.90. The first-order chi connectivity index (χ1) is 9.19. The van der Waals surface area contributed by atoms with Crippen molar-refractivity contribution in [2.45, 2.75) is 52.6 Å². The monoisotopic (exact) mass is 300 g/mol. The van der Waals surface area contributed by atoms with Crippen molar-refractivity contribution in [3.8, 4) is 0 Å². The van der Waals surface area contributed by atoms with Crippen LogP contribution in [0.15, 0.2) is 23.8 Å². The largest absolute Gasteiger partial charge is 0.299 e. The van der Waals surface area contributed by atoms with Gasteiger partial charge in [-0.15, -0.1) is 0 Å². The van der Waals surface area contributed by atoms with Gasteiger partial charge in [0.25, 0.3) is 10.1 Å². The Labute approximate surface area is 122 Å². The molecule has 2 atom stereocenters. The molecule has 1 aliphatic carbocycles. The molecular formula is C15H24O4S. The molecule has 0 spiro atoms. The Bertz CT molecular complexity index is 516. The summed E-state index contributed by atoms with van der Waals surface area (Å²) in [6.07, 6.45) is 8.61. The Morgan fingerprint density at radius 1 is 1.50 bits per heavy atom. The van der Waals surface area contributed by atoms with Gasteiger partial charge in [0.05, 0.1) is 17.8 Å². The van der Waals surface area contributed by atoms with Gasteiger partial charge in [-0.05, 0) is 40.0 Å². The van der Waals surface area contributed by atoms with Gasteiger partial charge in [-0.1, -0.05) is 23.8 Å². The van der Waals surface area contributed by atoms with E-state index in [1.165, 1.54) is 0 Å². The van der Waals surface area contributed by atoms with Crippen LogP contribution in [0.3, 0.4) is 0 Å². The van der Waals surface area contributed by atoms with Crippen LogP contribution in [0.25, 0.3) is 0 Å². The third kappa shape index (κ3) is 4.56. The summed E-state index contributed by atoms with van der Waals surface area (Å²) in [5.41, 5.74) is 0.351. The average molecular weight is 300 g/mol. The van der Waals surface area contributed by atoms with Crippen LogP contribution < -0.4 is 0 Å². The van der Waals surface area contributed by atoms with Crippen molar-refractivity contribution in [2.75, 3.05) is 6.26 Å².